The summed E-state index contributed by atoms with van der Waals surface area (Å²) in [6.07, 6.45) is 0.934. The van der Waals surface area contributed by atoms with E-state index in [1.807, 2.05) is 0 Å². The van der Waals surface area contributed by atoms with Crippen LogP contribution in [0.25, 0.3) is 0 Å². The Morgan fingerprint density at radius 3 is 2.73 bits per heavy atom. The van der Waals surface area contributed by atoms with E-state index in [1.165, 1.54) is 6.26 Å². The van der Waals surface area contributed by atoms with Gasteiger partial charge in [-0.1, -0.05) is 11.6 Å². The van der Waals surface area contributed by atoms with Gasteiger partial charge in [0.25, 0.3) is 0 Å². The molecular formula is C10H14ClNO3. The molecule has 4 nitrogen and oxygen atoms in total. The van der Waals surface area contributed by atoms with Crippen molar-refractivity contribution in [2.24, 2.45) is 0 Å². The van der Waals surface area contributed by atoms with Crippen LogP contribution in [0.3, 0.4) is 0 Å². The summed E-state index contributed by atoms with van der Waals surface area (Å²) < 4.78 is 10.1. The zero-order chi connectivity index (χ0) is 11.5. The molecule has 0 saturated heterocycles. The number of furan rings is 1. The number of ether oxygens (including phenoxy) is 1. The van der Waals surface area contributed by atoms with Crippen LogP contribution in [0.2, 0.25) is 5.02 Å². The highest BCUT2D eigenvalue weighted by Crippen LogP contribution is 2.13. The van der Waals surface area contributed by atoms with Gasteiger partial charge in [-0.15, -0.1) is 0 Å². The molecule has 0 saturated carbocycles. The zero-order valence-corrected chi connectivity index (χ0v) is 9.72. The van der Waals surface area contributed by atoms with E-state index < -0.39 is 11.7 Å². The van der Waals surface area contributed by atoms with Crippen LogP contribution in [-0.2, 0) is 11.3 Å². The van der Waals surface area contributed by atoms with Crippen LogP contribution in [0.1, 0.15) is 26.5 Å². The van der Waals surface area contributed by atoms with E-state index in [0.29, 0.717) is 10.8 Å². The number of hydrogen-bond acceptors (Lipinski definition) is 3. The van der Waals surface area contributed by atoms with E-state index >= 15 is 0 Å². The minimum absolute atomic E-state index is 0.266. The first kappa shape index (κ1) is 11.9. The van der Waals surface area contributed by atoms with E-state index in [0.717, 1.165) is 0 Å². The van der Waals surface area contributed by atoms with Crippen molar-refractivity contribution in [3.05, 3.63) is 23.1 Å². The number of alkyl carbamates (subject to hydrolysis) is 1. The molecule has 1 N–H and O–H groups in total. The van der Waals surface area contributed by atoms with E-state index in [4.69, 9.17) is 20.8 Å². The first-order valence-electron chi connectivity index (χ1n) is 4.56. The second-order valence-corrected chi connectivity index (χ2v) is 4.52. The van der Waals surface area contributed by atoms with Crippen LogP contribution in [0.15, 0.2) is 16.7 Å². The molecule has 0 aliphatic carbocycles. The van der Waals surface area contributed by atoms with Crippen LogP contribution >= 0.6 is 11.6 Å². The second kappa shape index (κ2) is 4.57. The molecule has 0 spiro atoms. The van der Waals surface area contributed by atoms with Gasteiger partial charge in [-0.2, -0.15) is 0 Å². The molecule has 0 aliphatic heterocycles. The van der Waals surface area contributed by atoms with Gasteiger partial charge in [-0.05, 0) is 20.8 Å². The molecule has 0 bridgehead atoms. The lowest BCUT2D eigenvalue weighted by molar-refractivity contribution is 0.0520. The van der Waals surface area contributed by atoms with Crippen molar-refractivity contribution in [3.8, 4) is 0 Å². The number of amides is 1. The number of carbonyl (C=O) groups is 1. The monoisotopic (exact) mass is 231 g/mol. The Kier molecular flexibility index (Phi) is 3.63. The number of hydrogen-bond donors (Lipinski definition) is 1. The highest BCUT2D eigenvalue weighted by Gasteiger charge is 2.15. The summed E-state index contributed by atoms with van der Waals surface area (Å²) in [5.74, 6) is 0.589. The largest absolute Gasteiger partial charge is 0.466 e. The predicted molar refractivity (Wildman–Crippen MR) is 56.8 cm³/mol. The average molecular weight is 232 g/mol. The first-order valence-corrected chi connectivity index (χ1v) is 4.94. The fourth-order valence-corrected chi connectivity index (χ4v) is 1.09. The number of halogens is 1. The van der Waals surface area contributed by atoms with Crippen molar-refractivity contribution in [2.45, 2.75) is 32.9 Å². The van der Waals surface area contributed by atoms with Gasteiger partial charge in [0.15, 0.2) is 0 Å². The lowest BCUT2D eigenvalue weighted by atomic mass is 10.2. The number of carbonyl (C=O) groups excluding carboxylic acids is 1. The van der Waals surface area contributed by atoms with E-state index in [-0.39, 0.29) is 6.54 Å². The van der Waals surface area contributed by atoms with Crippen molar-refractivity contribution in [1.29, 1.82) is 0 Å². The lowest BCUT2D eigenvalue weighted by Gasteiger charge is -2.19. The van der Waals surface area contributed by atoms with Crippen LogP contribution in [0.5, 0.6) is 0 Å². The van der Waals surface area contributed by atoms with Gasteiger partial charge < -0.3 is 14.5 Å². The summed E-state index contributed by atoms with van der Waals surface area (Å²) in [5, 5.41) is 3.07. The summed E-state index contributed by atoms with van der Waals surface area (Å²) >= 11 is 5.64. The standard InChI is InChI=1S/C10H14ClNO3/c1-10(2,3)15-9(13)12-5-8-4-7(11)6-14-8/h4,6H,5H2,1-3H3,(H,12,13). The van der Waals surface area contributed by atoms with E-state index in [1.54, 1.807) is 26.8 Å². The highest BCUT2D eigenvalue weighted by atomic mass is 35.5. The third kappa shape index (κ3) is 4.74. The summed E-state index contributed by atoms with van der Waals surface area (Å²) in [6.45, 7) is 5.67. The Morgan fingerprint density at radius 1 is 1.60 bits per heavy atom. The van der Waals surface area contributed by atoms with Gasteiger partial charge in [0.2, 0.25) is 0 Å². The maximum absolute atomic E-state index is 11.2. The van der Waals surface area contributed by atoms with Crippen LogP contribution in [0, 0.1) is 0 Å². The van der Waals surface area contributed by atoms with Gasteiger partial charge in [0.1, 0.15) is 17.6 Å². The second-order valence-electron chi connectivity index (χ2n) is 4.09. The third-order valence-electron chi connectivity index (χ3n) is 1.43. The molecule has 84 valence electrons. The molecule has 1 rings (SSSR count). The summed E-state index contributed by atoms with van der Waals surface area (Å²) in [4.78, 5) is 11.2. The molecule has 1 aromatic rings. The molecule has 0 unspecified atom stereocenters. The molecule has 0 fully saturated rings. The predicted octanol–water partition coefficient (Wildman–Crippen LogP) is 2.96. The molecule has 1 aromatic heterocycles. The molecule has 15 heavy (non-hydrogen) atoms. The van der Waals surface area contributed by atoms with Gasteiger partial charge in [-0.25, -0.2) is 4.79 Å². The maximum atomic E-state index is 11.2. The minimum atomic E-state index is -0.495. The summed E-state index contributed by atoms with van der Waals surface area (Å²) in [7, 11) is 0. The van der Waals surface area contributed by atoms with Crippen molar-refractivity contribution >= 4 is 17.7 Å². The summed E-state index contributed by atoms with van der Waals surface area (Å²) in [5.41, 5.74) is -0.495. The number of rotatable bonds is 2. The first-order chi connectivity index (χ1) is 6.87. The van der Waals surface area contributed by atoms with Crippen molar-refractivity contribution < 1.29 is 13.9 Å². The molecule has 1 heterocycles. The van der Waals surface area contributed by atoms with Crippen LogP contribution in [-0.4, -0.2) is 11.7 Å². The molecule has 0 aromatic carbocycles. The maximum Gasteiger partial charge on any atom is 0.408 e. The number of nitrogens with one attached hydrogen (secondary N) is 1. The Balaban J connectivity index is 2.35. The van der Waals surface area contributed by atoms with Crippen molar-refractivity contribution in [2.75, 3.05) is 0 Å². The SMILES string of the molecule is CC(C)(C)OC(=O)NCc1cc(Cl)co1. The zero-order valence-electron chi connectivity index (χ0n) is 8.96. The Bertz CT molecular complexity index is 341. The van der Waals surface area contributed by atoms with Crippen molar-refractivity contribution in [1.82, 2.24) is 5.32 Å². The Morgan fingerprint density at radius 2 is 2.27 bits per heavy atom. The van der Waals surface area contributed by atoms with E-state index in [9.17, 15) is 4.79 Å². The molecule has 5 heteroatoms. The summed E-state index contributed by atoms with van der Waals surface area (Å²) in [6, 6.07) is 1.64. The quantitative estimate of drug-likeness (QED) is 0.852. The molecule has 0 atom stereocenters. The van der Waals surface area contributed by atoms with E-state index in [2.05, 4.69) is 5.32 Å². The van der Waals surface area contributed by atoms with Gasteiger partial charge in [0.05, 0.1) is 11.6 Å². The fraction of sp³-hybridized carbons (Fsp3) is 0.500. The normalized spacial score (nSPS) is 11.2. The third-order valence-corrected chi connectivity index (χ3v) is 1.63. The fourth-order valence-electron chi connectivity index (χ4n) is 0.920. The van der Waals surface area contributed by atoms with Crippen LogP contribution < -0.4 is 5.32 Å². The molecule has 0 radical (unpaired) electrons. The Hall–Kier alpha value is -1.16. The Labute approximate surface area is 93.5 Å². The molecule has 1 amide bonds. The van der Waals surface area contributed by atoms with Gasteiger partial charge in [-0.3, -0.25) is 0 Å². The smallest absolute Gasteiger partial charge is 0.408 e. The average Bonchev–Trinajstić information content (AvgIpc) is 2.45. The topological polar surface area (TPSA) is 51.5 Å². The lowest BCUT2D eigenvalue weighted by Crippen LogP contribution is -2.32. The van der Waals surface area contributed by atoms with Crippen LogP contribution in [0.4, 0.5) is 4.79 Å². The molecular weight excluding hydrogens is 218 g/mol. The molecule has 0 aliphatic rings. The van der Waals surface area contributed by atoms with Crippen molar-refractivity contribution in [3.63, 3.8) is 0 Å². The highest BCUT2D eigenvalue weighted by molar-refractivity contribution is 6.30. The minimum Gasteiger partial charge on any atom is -0.466 e. The van der Waals surface area contributed by atoms with Gasteiger partial charge in [0, 0.05) is 6.07 Å². The van der Waals surface area contributed by atoms with Gasteiger partial charge >= 0.3 is 6.09 Å².